The molecule has 1 fully saturated rings. The fraction of sp³-hybridized carbons (Fsp3) is 0.500. The summed E-state index contributed by atoms with van der Waals surface area (Å²) < 4.78 is 11.6. The minimum absolute atomic E-state index is 0.0280. The highest BCUT2D eigenvalue weighted by Crippen LogP contribution is 2.20. The zero-order valence-electron chi connectivity index (χ0n) is 8.57. The average Bonchev–Trinajstić information content (AvgIpc) is 2.74. The molecular weight excluding hydrogens is 294 g/mol. The lowest BCUT2D eigenvalue weighted by Gasteiger charge is -2.22. The molecule has 2 heterocycles. The van der Waals surface area contributed by atoms with Crippen molar-refractivity contribution in [3.8, 4) is 0 Å². The maximum Gasteiger partial charge on any atom is 0.252 e. The largest absolute Gasteiger partial charge is 0.376 e. The molecule has 0 aliphatic carbocycles. The van der Waals surface area contributed by atoms with E-state index >= 15 is 0 Å². The zero-order chi connectivity index (χ0) is 11.4. The molecule has 6 heteroatoms. The Morgan fingerprint density at radius 3 is 3.12 bits per heavy atom. The van der Waals surface area contributed by atoms with Crippen molar-refractivity contribution in [2.75, 3.05) is 26.4 Å². The normalized spacial score (nSPS) is 20.7. The van der Waals surface area contributed by atoms with E-state index in [0.717, 1.165) is 3.79 Å². The van der Waals surface area contributed by atoms with E-state index < -0.39 is 0 Å². The molecule has 0 radical (unpaired) electrons. The Kier molecular flexibility index (Phi) is 4.34. The molecule has 0 spiro atoms. The molecule has 88 valence electrons. The van der Waals surface area contributed by atoms with Crippen LogP contribution in [-0.2, 0) is 9.47 Å². The lowest BCUT2D eigenvalue weighted by Crippen LogP contribution is -2.39. The van der Waals surface area contributed by atoms with Gasteiger partial charge in [-0.1, -0.05) is 0 Å². The van der Waals surface area contributed by atoms with Crippen molar-refractivity contribution in [2.24, 2.45) is 0 Å². The third-order valence-electron chi connectivity index (χ3n) is 2.20. The van der Waals surface area contributed by atoms with Crippen LogP contribution < -0.4 is 5.32 Å². The van der Waals surface area contributed by atoms with Gasteiger partial charge in [-0.3, -0.25) is 4.79 Å². The maximum atomic E-state index is 11.7. The molecule has 2 rings (SSSR count). The molecular formula is C10H12BrNO3S. The molecule has 1 aromatic heterocycles. The molecule has 1 unspecified atom stereocenters. The van der Waals surface area contributed by atoms with E-state index in [1.165, 1.54) is 11.3 Å². The van der Waals surface area contributed by atoms with Gasteiger partial charge in [-0.25, -0.2) is 0 Å². The van der Waals surface area contributed by atoms with Crippen LogP contribution in [0.25, 0.3) is 0 Å². The summed E-state index contributed by atoms with van der Waals surface area (Å²) >= 11 is 4.82. The highest BCUT2D eigenvalue weighted by molar-refractivity contribution is 9.11. The predicted molar refractivity (Wildman–Crippen MR) is 64.9 cm³/mol. The molecule has 16 heavy (non-hydrogen) atoms. The average molecular weight is 306 g/mol. The maximum absolute atomic E-state index is 11.7. The first-order valence-electron chi connectivity index (χ1n) is 4.97. The van der Waals surface area contributed by atoms with Gasteiger partial charge in [0.15, 0.2) is 0 Å². The summed E-state index contributed by atoms with van der Waals surface area (Å²) in [7, 11) is 0. The van der Waals surface area contributed by atoms with Gasteiger partial charge in [-0.2, -0.15) is 0 Å². The van der Waals surface area contributed by atoms with E-state index in [1.54, 1.807) is 6.07 Å². The summed E-state index contributed by atoms with van der Waals surface area (Å²) in [6.45, 7) is 2.28. The van der Waals surface area contributed by atoms with Crippen molar-refractivity contribution in [3.63, 3.8) is 0 Å². The Hall–Kier alpha value is -0.430. The molecule has 0 saturated carbocycles. The van der Waals surface area contributed by atoms with Crippen LogP contribution in [0.2, 0.25) is 0 Å². The van der Waals surface area contributed by atoms with Gasteiger partial charge in [-0.05, 0) is 22.0 Å². The number of carbonyl (C=O) groups is 1. The molecule has 1 aliphatic rings. The van der Waals surface area contributed by atoms with Crippen LogP contribution in [0, 0.1) is 0 Å². The van der Waals surface area contributed by atoms with Crippen LogP contribution >= 0.6 is 27.3 Å². The predicted octanol–water partition coefficient (Wildman–Crippen LogP) is 1.66. The highest BCUT2D eigenvalue weighted by Gasteiger charge is 2.16. The van der Waals surface area contributed by atoms with Gasteiger partial charge in [0.1, 0.15) is 0 Å². The number of rotatable bonds is 3. The second-order valence-electron chi connectivity index (χ2n) is 3.42. The van der Waals surface area contributed by atoms with Gasteiger partial charge in [0.05, 0.1) is 35.3 Å². The third-order valence-corrected chi connectivity index (χ3v) is 3.71. The van der Waals surface area contributed by atoms with E-state index in [9.17, 15) is 4.79 Å². The van der Waals surface area contributed by atoms with E-state index in [-0.39, 0.29) is 12.0 Å². The Balaban J connectivity index is 1.79. The standard InChI is InChI=1S/C10H12BrNO3S/c11-9-3-7(6-16-9)10(13)12-4-8-5-14-1-2-15-8/h3,6,8H,1-2,4-5H2,(H,12,13). The summed E-state index contributed by atoms with van der Waals surface area (Å²) in [5, 5.41) is 4.64. The van der Waals surface area contributed by atoms with Crippen LogP contribution in [-0.4, -0.2) is 38.4 Å². The molecule has 1 aromatic rings. The first-order chi connectivity index (χ1) is 7.75. The van der Waals surface area contributed by atoms with E-state index in [1.807, 2.05) is 5.38 Å². The van der Waals surface area contributed by atoms with Crippen LogP contribution in [0.3, 0.4) is 0 Å². The molecule has 1 amide bonds. The van der Waals surface area contributed by atoms with Gasteiger partial charge in [0, 0.05) is 11.9 Å². The number of hydrogen-bond acceptors (Lipinski definition) is 4. The third kappa shape index (κ3) is 3.28. The van der Waals surface area contributed by atoms with Gasteiger partial charge >= 0.3 is 0 Å². The number of carbonyl (C=O) groups excluding carboxylic acids is 1. The molecule has 1 aliphatic heterocycles. The zero-order valence-corrected chi connectivity index (χ0v) is 11.0. The van der Waals surface area contributed by atoms with Crippen molar-refractivity contribution < 1.29 is 14.3 Å². The molecule has 0 bridgehead atoms. The van der Waals surface area contributed by atoms with Crippen LogP contribution in [0.4, 0.5) is 0 Å². The first-order valence-corrected chi connectivity index (χ1v) is 6.64. The summed E-state index contributed by atoms with van der Waals surface area (Å²) in [6.07, 6.45) is -0.0280. The summed E-state index contributed by atoms with van der Waals surface area (Å²) in [4.78, 5) is 11.7. The number of halogens is 1. The van der Waals surface area contributed by atoms with E-state index in [0.29, 0.717) is 31.9 Å². The lowest BCUT2D eigenvalue weighted by atomic mass is 10.3. The summed E-state index contributed by atoms with van der Waals surface area (Å²) in [6, 6.07) is 1.80. The molecule has 0 aromatic carbocycles. The Labute approximate surface area is 106 Å². The molecule has 1 saturated heterocycles. The van der Waals surface area contributed by atoms with Gasteiger partial charge in [-0.15, -0.1) is 11.3 Å². The van der Waals surface area contributed by atoms with Crippen LogP contribution in [0.5, 0.6) is 0 Å². The Morgan fingerprint density at radius 2 is 2.50 bits per heavy atom. The van der Waals surface area contributed by atoms with Crippen molar-refractivity contribution in [2.45, 2.75) is 6.10 Å². The lowest BCUT2D eigenvalue weighted by molar-refractivity contribution is -0.0855. The summed E-state index contributed by atoms with van der Waals surface area (Å²) in [5.74, 6) is -0.0730. The second-order valence-corrected chi connectivity index (χ2v) is 5.71. The van der Waals surface area contributed by atoms with Gasteiger partial charge in [0.25, 0.3) is 5.91 Å². The number of hydrogen-bond donors (Lipinski definition) is 1. The molecule has 4 nitrogen and oxygen atoms in total. The Bertz CT molecular complexity index is 363. The topological polar surface area (TPSA) is 47.6 Å². The number of nitrogens with one attached hydrogen (secondary N) is 1. The van der Waals surface area contributed by atoms with E-state index in [4.69, 9.17) is 9.47 Å². The van der Waals surface area contributed by atoms with Gasteiger partial charge in [0.2, 0.25) is 0 Å². The number of amides is 1. The second kappa shape index (κ2) is 5.77. The monoisotopic (exact) mass is 305 g/mol. The SMILES string of the molecule is O=C(NCC1COCCO1)c1csc(Br)c1. The minimum Gasteiger partial charge on any atom is -0.376 e. The van der Waals surface area contributed by atoms with Crippen LogP contribution in [0.15, 0.2) is 15.2 Å². The van der Waals surface area contributed by atoms with Crippen LogP contribution in [0.1, 0.15) is 10.4 Å². The quantitative estimate of drug-likeness (QED) is 0.924. The molecule has 1 N–H and O–H groups in total. The highest BCUT2D eigenvalue weighted by atomic mass is 79.9. The Morgan fingerprint density at radius 1 is 1.62 bits per heavy atom. The van der Waals surface area contributed by atoms with Gasteiger partial charge < -0.3 is 14.8 Å². The fourth-order valence-electron chi connectivity index (χ4n) is 1.39. The fourth-order valence-corrected chi connectivity index (χ4v) is 2.53. The van der Waals surface area contributed by atoms with Crippen molar-refractivity contribution in [1.29, 1.82) is 0 Å². The van der Waals surface area contributed by atoms with Crippen molar-refractivity contribution >= 4 is 33.2 Å². The molecule has 1 atom stereocenters. The van der Waals surface area contributed by atoms with Crippen molar-refractivity contribution in [3.05, 3.63) is 20.8 Å². The smallest absolute Gasteiger partial charge is 0.252 e. The summed E-state index contributed by atoms with van der Waals surface area (Å²) in [5.41, 5.74) is 0.675. The van der Waals surface area contributed by atoms with Crippen molar-refractivity contribution in [1.82, 2.24) is 5.32 Å². The first kappa shape index (κ1) is 12.0. The minimum atomic E-state index is -0.0730. The number of ether oxygens (including phenoxy) is 2. The number of thiophene rings is 1. The van der Waals surface area contributed by atoms with E-state index in [2.05, 4.69) is 21.2 Å².